The summed E-state index contributed by atoms with van der Waals surface area (Å²) in [5.74, 6) is -0.933. The van der Waals surface area contributed by atoms with Crippen molar-refractivity contribution >= 4 is 0 Å². The van der Waals surface area contributed by atoms with Crippen LogP contribution in [-0.4, -0.2) is 19.3 Å². The van der Waals surface area contributed by atoms with Crippen LogP contribution in [0.25, 0.3) is 22.5 Å². The number of aromatic nitrogens is 4. The van der Waals surface area contributed by atoms with Gasteiger partial charge in [-0.25, -0.2) is 18.4 Å². The molecule has 4 aromatic rings. The Balaban J connectivity index is 1.67. The predicted octanol–water partition coefficient (Wildman–Crippen LogP) is 4.25. The minimum absolute atomic E-state index is 0.0370. The summed E-state index contributed by atoms with van der Waals surface area (Å²) in [7, 11) is 0. The van der Waals surface area contributed by atoms with Crippen LogP contribution < -0.4 is 10.3 Å². The van der Waals surface area contributed by atoms with Gasteiger partial charge in [0, 0.05) is 30.9 Å². The van der Waals surface area contributed by atoms with E-state index in [1.165, 1.54) is 12.3 Å². The van der Waals surface area contributed by atoms with E-state index in [4.69, 9.17) is 4.74 Å². The first-order chi connectivity index (χ1) is 14.6. The van der Waals surface area contributed by atoms with Crippen LogP contribution in [-0.2, 0) is 13.1 Å². The maximum absolute atomic E-state index is 14.6. The van der Waals surface area contributed by atoms with E-state index in [-0.39, 0.29) is 22.7 Å². The number of hydrogen-bond acceptors (Lipinski definition) is 4. The van der Waals surface area contributed by atoms with Crippen molar-refractivity contribution in [1.82, 2.24) is 19.3 Å². The number of ether oxygens (including phenoxy) is 1. The molecule has 0 aliphatic carbocycles. The Labute approximate surface area is 170 Å². The average molecular weight is 406 g/mol. The Hall–Kier alpha value is -3.81. The van der Waals surface area contributed by atoms with Gasteiger partial charge in [-0.1, -0.05) is 18.2 Å². The minimum Gasteiger partial charge on any atom is -0.424 e. The van der Waals surface area contributed by atoms with Gasteiger partial charge in [-0.3, -0.25) is 9.48 Å². The fourth-order valence-electron chi connectivity index (χ4n) is 3.73. The van der Waals surface area contributed by atoms with Gasteiger partial charge < -0.3 is 4.74 Å². The highest BCUT2D eigenvalue weighted by molar-refractivity contribution is 5.79. The molecule has 0 fully saturated rings. The molecule has 5 rings (SSSR count). The largest absolute Gasteiger partial charge is 0.424 e. The Morgan fingerprint density at radius 1 is 0.967 bits per heavy atom. The second kappa shape index (κ2) is 7.22. The second-order valence-electron chi connectivity index (χ2n) is 6.89. The second-order valence-corrected chi connectivity index (χ2v) is 6.89. The number of benzene rings is 2. The Morgan fingerprint density at radius 2 is 1.77 bits per heavy atom. The van der Waals surface area contributed by atoms with E-state index in [9.17, 15) is 13.6 Å². The molecule has 3 heterocycles. The van der Waals surface area contributed by atoms with E-state index in [0.717, 1.165) is 18.6 Å². The first kappa shape index (κ1) is 18.2. The van der Waals surface area contributed by atoms with Gasteiger partial charge in [0.2, 0.25) is 0 Å². The van der Waals surface area contributed by atoms with Crippen LogP contribution in [0.4, 0.5) is 8.78 Å². The van der Waals surface area contributed by atoms with Crippen molar-refractivity contribution in [1.29, 1.82) is 0 Å². The van der Waals surface area contributed by atoms with Gasteiger partial charge in [0.1, 0.15) is 17.4 Å². The van der Waals surface area contributed by atoms with Crippen molar-refractivity contribution in [3.8, 4) is 34.3 Å². The zero-order valence-corrected chi connectivity index (χ0v) is 15.8. The van der Waals surface area contributed by atoms with E-state index < -0.39 is 11.6 Å². The van der Waals surface area contributed by atoms with Crippen molar-refractivity contribution in [3.05, 3.63) is 82.8 Å². The van der Waals surface area contributed by atoms with Crippen molar-refractivity contribution in [3.63, 3.8) is 0 Å². The Morgan fingerprint density at radius 3 is 2.57 bits per heavy atom. The van der Waals surface area contributed by atoms with E-state index >= 15 is 0 Å². The number of nitrogens with zero attached hydrogens (tertiary/aromatic N) is 4. The quantitative estimate of drug-likeness (QED) is 0.508. The van der Waals surface area contributed by atoms with Crippen molar-refractivity contribution in [2.75, 3.05) is 0 Å². The Kier molecular flexibility index (Phi) is 4.39. The zero-order valence-electron chi connectivity index (χ0n) is 15.8. The third-order valence-corrected chi connectivity index (χ3v) is 5.00. The molecule has 0 amide bonds. The summed E-state index contributed by atoms with van der Waals surface area (Å²) in [5.41, 5.74) is 0.736. The summed E-state index contributed by atoms with van der Waals surface area (Å²) in [5, 5.41) is 0. The van der Waals surface area contributed by atoms with Crippen LogP contribution in [0, 0.1) is 11.6 Å². The van der Waals surface area contributed by atoms with E-state index in [1.807, 2.05) is 18.2 Å². The van der Waals surface area contributed by atoms with Gasteiger partial charge in [0.25, 0.3) is 5.56 Å². The van der Waals surface area contributed by atoms with Crippen molar-refractivity contribution < 1.29 is 13.5 Å². The SMILES string of the molecule is O=c1c(-c2ccc(F)cc2F)c(-c2ccnc(Oc3ccccc3)n2)n2n1CCC2. The molecule has 0 saturated carbocycles. The molecule has 0 bridgehead atoms. The molecular weight excluding hydrogens is 390 g/mol. The summed E-state index contributed by atoms with van der Waals surface area (Å²) in [6.07, 6.45) is 2.31. The lowest BCUT2D eigenvalue weighted by Gasteiger charge is -2.10. The van der Waals surface area contributed by atoms with Gasteiger partial charge in [0.15, 0.2) is 0 Å². The number of para-hydroxylation sites is 1. The van der Waals surface area contributed by atoms with E-state index in [0.29, 0.717) is 30.2 Å². The lowest BCUT2D eigenvalue weighted by molar-refractivity contribution is 0.442. The topological polar surface area (TPSA) is 61.9 Å². The normalized spacial score (nSPS) is 12.7. The minimum atomic E-state index is -0.798. The van der Waals surface area contributed by atoms with Gasteiger partial charge in [-0.2, -0.15) is 4.98 Å². The Bertz CT molecular complexity index is 1300. The van der Waals surface area contributed by atoms with Crippen molar-refractivity contribution in [2.45, 2.75) is 19.5 Å². The monoisotopic (exact) mass is 406 g/mol. The fraction of sp³-hybridized carbons (Fsp3) is 0.136. The third kappa shape index (κ3) is 3.06. The lowest BCUT2D eigenvalue weighted by atomic mass is 10.0. The molecule has 0 N–H and O–H groups in total. The number of halogens is 2. The van der Waals surface area contributed by atoms with Crippen LogP contribution in [0.1, 0.15) is 6.42 Å². The fourth-order valence-corrected chi connectivity index (χ4v) is 3.73. The molecule has 6 nitrogen and oxygen atoms in total. The summed E-state index contributed by atoms with van der Waals surface area (Å²) in [4.78, 5) is 21.7. The predicted molar refractivity (Wildman–Crippen MR) is 106 cm³/mol. The van der Waals surface area contributed by atoms with E-state index in [1.54, 1.807) is 27.6 Å². The maximum Gasteiger partial charge on any atom is 0.322 e. The highest BCUT2D eigenvalue weighted by Gasteiger charge is 2.28. The number of hydrogen-bond donors (Lipinski definition) is 0. The number of fused-ring (bicyclic) bond motifs is 1. The molecule has 0 saturated heterocycles. The lowest BCUT2D eigenvalue weighted by Crippen LogP contribution is -2.17. The summed E-state index contributed by atoms with van der Waals surface area (Å²) >= 11 is 0. The highest BCUT2D eigenvalue weighted by Crippen LogP contribution is 2.33. The highest BCUT2D eigenvalue weighted by atomic mass is 19.1. The smallest absolute Gasteiger partial charge is 0.322 e. The van der Waals surface area contributed by atoms with Crippen LogP contribution >= 0.6 is 0 Å². The molecule has 1 aliphatic heterocycles. The standard InChI is InChI=1S/C22H16F2N4O2/c23-14-7-8-16(17(24)13-14)19-20(27-11-4-12-28(27)21(19)29)18-9-10-25-22(26-18)30-15-5-2-1-3-6-15/h1-3,5-10,13H,4,11-12H2. The molecule has 2 aromatic heterocycles. The number of rotatable bonds is 4. The van der Waals surface area contributed by atoms with Crippen LogP contribution in [0.2, 0.25) is 0 Å². The van der Waals surface area contributed by atoms with Gasteiger partial charge in [-0.05, 0) is 36.8 Å². The van der Waals surface area contributed by atoms with Crippen LogP contribution in [0.3, 0.4) is 0 Å². The van der Waals surface area contributed by atoms with Gasteiger partial charge in [0.05, 0.1) is 17.0 Å². The molecule has 1 aliphatic rings. The molecule has 0 spiro atoms. The molecule has 150 valence electrons. The molecule has 0 atom stereocenters. The van der Waals surface area contributed by atoms with E-state index in [2.05, 4.69) is 9.97 Å². The summed E-state index contributed by atoms with van der Waals surface area (Å²) in [6.45, 7) is 1.11. The van der Waals surface area contributed by atoms with Gasteiger partial charge >= 0.3 is 6.01 Å². The van der Waals surface area contributed by atoms with Gasteiger partial charge in [-0.15, -0.1) is 0 Å². The molecule has 30 heavy (non-hydrogen) atoms. The average Bonchev–Trinajstić information content (AvgIpc) is 3.31. The molecule has 8 heteroatoms. The summed E-state index contributed by atoms with van der Waals surface area (Å²) in [6, 6.07) is 14.0. The third-order valence-electron chi connectivity index (χ3n) is 5.00. The maximum atomic E-state index is 14.6. The molecule has 0 radical (unpaired) electrons. The molecule has 2 aromatic carbocycles. The molecular formula is C22H16F2N4O2. The molecule has 0 unspecified atom stereocenters. The first-order valence-electron chi connectivity index (χ1n) is 9.47. The van der Waals surface area contributed by atoms with Crippen molar-refractivity contribution in [2.24, 2.45) is 0 Å². The van der Waals surface area contributed by atoms with Crippen LogP contribution in [0.15, 0.2) is 65.6 Å². The summed E-state index contributed by atoms with van der Waals surface area (Å²) < 4.78 is 37.1. The first-order valence-corrected chi connectivity index (χ1v) is 9.47. The zero-order chi connectivity index (χ0) is 20.7. The van der Waals surface area contributed by atoms with Crippen LogP contribution in [0.5, 0.6) is 11.8 Å².